The molecule has 80 valence electrons. The molecule has 0 aliphatic heterocycles. The lowest BCUT2D eigenvalue weighted by atomic mass is 9.85. The van der Waals surface area contributed by atoms with E-state index >= 15 is 0 Å². The highest BCUT2D eigenvalue weighted by molar-refractivity contribution is 5.94. The zero-order valence-corrected chi connectivity index (χ0v) is 8.50. The van der Waals surface area contributed by atoms with E-state index in [2.05, 4.69) is 5.32 Å². The number of rotatable bonds is 3. The maximum Gasteiger partial charge on any atom is 0.254 e. The van der Waals surface area contributed by atoms with Crippen LogP contribution in [0.3, 0.4) is 0 Å². The summed E-state index contributed by atoms with van der Waals surface area (Å²) in [7, 11) is 0. The molecule has 1 amide bonds. The Morgan fingerprint density at radius 2 is 2.13 bits per heavy atom. The van der Waals surface area contributed by atoms with Crippen LogP contribution in [0.5, 0.6) is 0 Å². The SMILES string of the molecule is O=C(NCC1CCC1)c1ccccc1F. The number of hydrogen-bond acceptors (Lipinski definition) is 1. The second-order valence-corrected chi connectivity index (χ2v) is 3.99. The molecular weight excluding hydrogens is 193 g/mol. The molecule has 2 rings (SSSR count). The summed E-state index contributed by atoms with van der Waals surface area (Å²) < 4.78 is 13.2. The van der Waals surface area contributed by atoms with Gasteiger partial charge in [-0.3, -0.25) is 4.79 Å². The number of carbonyl (C=O) groups excluding carboxylic acids is 1. The fraction of sp³-hybridized carbons (Fsp3) is 0.417. The van der Waals surface area contributed by atoms with E-state index < -0.39 is 5.82 Å². The first-order valence-electron chi connectivity index (χ1n) is 5.30. The van der Waals surface area contributed by atoms with Crippen molar-refractivity contribution in [3.63, 3.8) is 0 Å². The third-order valence-corrected chi connectivity index (χ3v) is 2.89. The molecule has 1 aromatic rings. The molecule has 0 atom stereocenters. The fourth-order valence-electron chi connectivity index (χ4n) is 1.67. The molecule has 0 saturated heterocycles. The molecule has 1 N–H and O–H groups in total. The molecule has 1 fully saturated rings. The minimum atomic E-state index is -0.455. The quantitative estimate of drug-likeness (QED) is 0.810. The van der Waals surface area contributed by atoms with Gasteiger partial charge in [-0.05, 0) is 30.9 Å². The predicted octanol–water partition coefficient (Wildman–Crippen LogP) is 2.36. The van der Waals surface area contributed by atoms with E-state index in [0.29, 0.717) is 12.5 Å². The Morgan fingerprint density at radius 1 is 1.40 bits per heavy atom. The van der Waals surface area contributed by atoms with Crippen LogP contribution in [-0.2, 0) is 0 Å². The maximum atomic E-state index is 13.2. The van der Waals surface area contributed by atoms with Gasteiger partial charge in [-0.25, -0.2) is 4.39 Å². The predicted molar refractivity (Wildman–Crippen MR) is 56.1 cm³/mol. The van der Waals surface area contributed by atoms with Gasteiger partial charge in [0.2, 0.25) is 0 Å². The molecule has 1 aliphatic carbocycles. The van der Waals surface area contributed by atoms with Gasteiger partial charge in [0.15, 0.2) is 0 Å². The molecule has 0 aromatic heterocycles. The maximum absolute atomic E-state index is 13.2. The van der Waals surface area contributed by atoms with Crippen molar-refractivity contribution in [3.05, 3.63) is 35.6 Å². The lowest BCUT2D eigenvalue weighted by Crippen LogP contribution is -2.32. The molecule has 0 bridgehead atoms. The van der Waals surface area contributed by atoms with E-state index in [9.17, 15) is 9.18 Å². The smallest absolute Gasteiger partial charge is 0.254 e. The molecular formula is C12H14FNO. The molecule has 2 nitrogen and oxygen atoms in total. The molecule has 15 heavy (non-hydrogen) atoms. The van der Waals surface area contributed by atoms with Crippen molar-refractivity contribution in [2.24, 2.45) is 5.92 Å². The van der Waals surface area contributed by atoms with Crippen LogP contribution < -0.4 is 5.32 Å². The molecule has 0 spiro atoms. The Hall–Kier alpha value is -1.38. The van der Waals surface area contributed by atoms with Crippen LogP contribution in [0.25, 0.3) is 0 Å². The second-order valence-electron chi connectivity index (χ2n) is 3.99. The van der Waals surface area contributed by atoms with Crippen LogP contribution in [0, 0.1) is 11.7 Å². The minimum Gasteiger partial charge on any atom is -0.352 e. The van der Waals surface area contributed by atoms with Crippen molar-refractivity contribution >= 4 is 5.91 Å². The zero-order valence-electron chi connectivity index (χ0n) is 8.50. The van der Waals surface area contributed by atoms with Gasteiger partial charge in [0.25, 0.3) is 5.91 Å². The lowest BCUT2D eigenvalue weighted by molar-refractivity contribution is 0.0935. The minimum absolute atomic E-state index is 0.136. The number of nitrogens with one attached hydrogen (secondary N) is 1. The van der Waals surface area contributed by atoms with Gasteiger partial charge in [0.1, 0.15) is 5.82 Å². The van der Waals surface area contributed by atoms with Crippen LogP contribution in [-0.4, -0.2) is 12.5 Å². The van der Waals surface area contributed by atoms with E-state index in [4.69, 9.17) is 0 Å². The van der Waals surface area contributed by atoms with Crippen LogP contribution >= 0.6 is 0 Å². The van der Waals surface area contributed by atoms with E-state index in [0.717, 1.165) is 0 Å². The fourth-order valence-corrected chi connectivity index (χ4v) is 1.67. The summed E-state index contributed by atoms with van der Waals surface area (Å²) in [5, 5.41) is 2.76. The van der Waals surface area contributed by atoms with Crippen molar-refractivity contribution < 1.29 is 9.18 Å². The van der Waals surface area contributed by atoms with Crippen LogP contribution in [0.2, 0.25) is 0 Å². The normalized spacial score (nSPS) is 15.8. The van der Waals surface area contributed by atoms with E-state index in [1.165, 1.54) is 31.4 Å². The summed E-state index contributed by atoms with van der Waals surface area (Å²) in [6, 6.07) is 6.06. The Balaban J connectivity index is 1.92. The Labute approximate surface area is 88.5 Å². The summed E-state index contributed by atoms with van der Waals surface area (Å²) in [5.41, 5.74) is 0.136. The van der Waals surface area contributed by atoms with E-state index in [-0.39, 0.29) is 11.5 Å². The summed E-state index contributed by atoms with van der Waals surface area (Å²) >= 11 is 0. The van der Waals surface area contributed by atoms with E-state index in [1.54, 1.807) is 12.1 Å². The van der Waals surface area contributed by atoms with Crippen LogP contribution in [0.1, 0.15) is 29.6 Å². The van der Waals surface area contributed by atoms with Gasteiger partial charge in [-0.1, -0.05) is 18.6 Å². The highest BCUT2D eigenvalue weighted by Gasteiger charge is 2.18. The standard InChI is InChI=1S/C12H14FNO/c13-11-7-2-1-6-10(11)12(15)14-8-9-4-3-5-9/h1-2,6-7,9H,3-5,8H2,(H,14,15). The van der Waals surface area contributed by atoms with E-state index in [1.807, 2.05) is 0 Å². The molecule has 0 unspecified atom stereocenters. The van der Waals surface area contributed by atoms with Gasteiger partial charge in [0.05, 0.1) is 5.56 Å². The Bertz CT molecular complexity index is 360. The number of halogens is 1. The molecule has 0 radical (unpaired) electrons. The monoisotopic (exact) mass is 207 g/mol. The van der Waals surface area contributed by atoms with Gasteiger partial charge in [-0.2, -0.15) is 0 Å². The molecule has 0 heterocycles. The van der Waals surface area contributed by atoms with Gasteiger partial charge < -0.3 is 5.32 Å². The first-order chi connectivity index (χ1) is 7.27. The second kappa shape index (κ2) is 4.43. The average Bonchev–Trinajstić information content (AvgIpc) is 2.16. The zero-order chi connectivity index (χ0) is 10.7. The van der Waals surface area contributed by atoms with Gasteiger partial charge in [-0.15, -0.1) is 0 Å². The largest absolute Gasteiger partial charge is 0.352 e. The summed E-state index contributed by atoms with van der Waals surface area (Å²) in [5.74, 6) is -0.163. The van der Waals surface area contributed by atoms with Crippen LogP contribution in [0.4, 0.5) is 4.39 Å². The summed E-state index contributed by atoms with van der Waals surface area (Å²) in [6.45, 7) is 0.674. The first-order valence-corrected chi connectivity index (χ1v) is 5.30. The highest BCUT2D eigenvalue weighted by atomic mass is 19.1. The molecule has 3 heteroatoms. The summed E-state index contributed by atoms with van der Waals surface area (Å²) in [4.78, 5) is 11.6. The number of amides is 1. The summed E-state index contributed by atoms with van der Waals surface area (Å²) in [6.07, 6.45) is 3.61. The number of benzene rings is 1. The third-order valence-electron chi connectivity index (χ3n) is 2.89. The van der Waals surface area contributed by atoms with Crippen molar-refractivity contribution in [1.82, 2.24) is 5.32 Å². The van der Waals surface area contributed by atoms with Crippen molar-refractivity contribution in [2.75, 3.05) is 6.54 Å². The number of carbonyl (C=O) groups is 1. The van der Waals surface area contributed by atoms with Gasteiger partial charge >= 0.3 is 0 Å². The topological polar surface area (TPSA) is 29.1 Å². The lowest BCUT2D eigenvalue weighted by Gasteiger charge is -2.25. The first kappa shape index (κ1) is 10.1. The van der Waals surface area contributed by atoms with Crippen molar-refractivity contribution in [2.45, 2.75) is 19.3 Å². The average molecular weight is 207 g/mol. The van der Waals surface area contributed by atoms with Gasteiger partial charge in [0, 0.05) is 6.54 Å². The Kier molecular flexibility index (Phi) is 2.99. The molecule has 1 aliphatic rings. The number of hydrogen-bond donors (Lipinski definition) is 1. The Morgan fingerprint density at radius 3 is 2.73 bits per heavy atom. The highest BCUT2D eigenvalue weighted by Crippen LogP contribution is 2.25. The van der Waals surface area contributed by atoms with Crippen molar-refractivity contribution in [3.8, 4) is 0 Å². The van der Waals surface area contributed by atoms with Crippen molar-refractivity contribution in [1.29, 1.82) is 0 Å². The molecule has 1 aromatic carbocycles. The molecule has 1 saturated carbocycles. The van der Waals surface area contributed by atoms with Crippen LogP contribution in [0.15, 0.2) is 24.3 Å². The third kappa shape index (κ3) is 2.35.